The number of fused-ring (bicyclic) bond motifs is 2. The molecule has 2 saturated heterocycles. The molecule has 81 heavy (non-hydrogen) atoms. The number of thiophene rings is 1. The third kappa shape index (κ3) is 15.2. The molecule has 5 unspecified atom stereocenters. The Bertz CT molecular complexity index is 2860. The van der Waals surface area contributed by atoms with Crippen molar-refractivity contribution in [2.45, 2.75) is 125 Å². The average molecular weight is 1140 g/mol. The molecule has 4 aliphatic heterocycles. The molecule has 0 radical (unpaired) electrons. The summed E-state index contributed by atoms with van der Waals surface area (Å²) in [5.41, 5.74) is 30.4. The second kappa shape index (κ2) is 27.8. The fourth-order valence-electron chi connectivity index (χ4n) is 10.7. The Morgan fingerprint density at radius 3 is 2.00 bits per heavy atom. The van der Waals surface area contributed by atoms with Gasteiger partial charge in [-0.2, -0.15) is 0 Å². The number of likely N-dealkylation sites (tertiary alicyclic amines) is 2. The number of amides is 8. The van der Waals surface area contributed by atoms with E-state index in [0.29, 0.717) is 34.5 Å². The van der Waals surface area contributed by atoms with Crippen molar-refractivity contribution in [1.29, 1.82) is 0 Å². The first kappa shape index (κ1) is 60.4. The molecule has 0 bridgehead atoms. The van der Waals surface area contributed by atoms with Crippen molar-refractivity contribution in [3.05, 3.63) is 87.6 Å². The molecular formula is C53H71N15O12S. The number of anilines is 1. The van der Waals surface area contributed by atoms with Crippen molar-refractivity contribution in [2.24, 2.45) is 38.7 Å². The van der Waals surface area contributed by atoms with E-state index in [2.05, 4.69) is 31.3 Å². The Morgan fingerprint density at radius 1 is 0.691 bits per heavy atom. The molecule has 9 atom stereocenters. The average Bonchev–Trinajstić information content (AvgIpc) is 4.27. The molecule has 17 N–H and O–H groups in total. The van der Waals surface area contributed by atoms with E-state index in [1.165, 1.54) is 26.0 Å². The Hall–Kier alpha value is -8.21. The van der Waals surface area contributed by atoms with Crippen molar-refractivity contribution in [2.75, 3.05) is 44.2 Å². The maximum atomic E-state index is 14.6. The van der Waals surface area contributed by atoms with Crippen LogP contribution in [0.5, 0.6) is 0 Å². The number of rotatable bonds is 24. The Labute approximate surface area is 470 Å². The van der Waals surface area contributed by atoms with Crippen LogP contribution >= 0.6 is 11.3 Å². The number of benzene rings is 2. The predicted octanol–water partition coefficient (Wildman–Crippen LogP) is -3.76. The standard InChI is InChI=1S/C53H71N15O12S/c54-34(13-5-17-59-52(55)56)44(72)63-35(14-6-18-60-53(57)58)47(75)65-19-7-16-39(65)49(77)67-27-32(70)23-40(67)46(74)61-25-43(71)62-36(24-33-12-8-20-81-33)45(73)64-37(28-69)48(76)66-26-31-11-2-1-9-29(31)21-41(66)50(78)68-38-15-4-3-10-30(38)22-42(68)51(79)80/h1-4,8-12,15,20,32,34-37,39-42,69-70H,5-7,13-14,16-19,21-28,54H2,(H,61,74)(H,62,71)(H,63,72)(H,64,73)(H,79,80)(H4,55,56,59)(H4,57,58,60)/t32?,34?,35-,36?,37+,39+,40+,41?,42?/m1/s1. The van der Waals surface area contributed by atoms with Crippen LogP contribution in [-0.4, -0.2) is 189 Å². The van der Waals surface area contributed by atoms with Gasteiger partial charge < -0.3 is 80.0 Å². The summed E-state index contributed by atoms with van der Waals surface area (Å²) in [4.78, 5) is 139. The van der Waals surface area contributed by atoms with Crippen LogP contribution in [-0.2, 0) is 69.0 Å². The third-order valence-corrected chi connectivity index (χ3v) is 15.6. The lowest BCUT2D eigenvalue weighted by Crippen LogP contribution is -2.62. The zero-order chi connectivity index (χ0) is 58.5. The van der Waals surface area contributed by atoms with Gasteiger partial charge in [0.25, 0.3) is 5.91 Å². The maximum Gasteiger partial charge on any atom is 0.327 e. The monoisotopic (exact) mass is 1140 g/mol. The zero-order valence-electron chi connectivity index (χ0n) is 44.6. The first-order valence-electron chi connectivity index (χ1n) is 26.7. The van der Waals surface area contributed by atoms with Gasteiger partial charge in [0.05, 0.1) is 25.3 Å². The summed E-state index contributed by atoms with van der Waals surface area (Å²) in [5, 5.41) is 43.9. The first-order valence-corrected chi connectivity index (χ1v) is 27.6. The maximum absolute atomic E-state index is 14.6. The number of nitrogens with two attached hydrogens (primary N) is 5. The highest BCUT2D eigenvalue weighted by molar-refractivity contribution is 7.09. The molecule has 0 aliphatic carbocycles. The molecule has 2 fully saturated rings. The van der Waals surface area contributed by atoms with Crippen LogP contribution in [0, 0.1) is 0 Å². The van der Waals surface area contributed by atoms with Gasteiger partial charge in [-0.3, -0.25) is 53.2 Å². The molecule has 5 heterocycles. The van der Waals surface area contributed by atoms with E-state index in [0.717, 1.165) is 10.5 Å². The lowest BCUT2D eigenvalue weighted by atomic mass is 9.92. The summed E-state index contributed by atoms with van der Waals surface area (Å²) in [6, 6.07) is 7.33. The highest BCUT2D eigenvalue weighted by atomic mass is 32.1. The van der Waals surface area contributed by atoms with E-state index in [1.807, 2.05) is 0 Å². The predicted molar refractivity (Wildman–Crippen MR) is 296 cm³/mol. The Balaban J connectivity index is 1.00. The highest BCUT2D eigenvalue weighted by Crippen LogP contribution is 2.35. The number of β-amino-alcohol motifs (C(OH)–C–C–N with tert-alkyl or cyclic N) is 1. The van der Waals surface area contributed by atoms with Gasteiger partial charge in [-0.15, -0.1) is 11.3 Å². The van der Waals surface area contributed by atoms with Gasteiger partial charge in [0.15, 0.2) is 11.9 Å². The highest BCUT2D eigenvalue weighted by Gasteiger charge is 2.48. The summed E-state index contributed by atoms with van der Waals surface area (Å²) >= 11 is 1.28. The number of aliphatic carboxylic acids is 1. The lowest BCUT2D eigenvalue weighted by molar-refractivity contribution is -0.148. The summed E-state index contributed by atoms with van der Waals surface area (Å²) in [7, 11) is 0. The summed E-state index contributed by atoms with van der Waals surface area (Å²) in [5.74, 6) is -7.41. The van der Waals surface area contributed by atoms with E-state index in [-0.39, 0.29) is 96.0 Å². The number of carboxylic acid groups (broad SMARTS) is 1. The number of aliphatic imine (C=N–C) groups is 2. The van der Waals surface area contributed by atoms with Crippen molar-refractivity contribution in [3.8, 4) is 0 Å². The molecule has 1 aromatic heterocycles. The van der Waals surface area contributed by atoms with Crippen molar-refractivity contribution < 1.29 is 58.5 Å². The number of carboxylic acids is 1. The third-order valence-electron chi connectivity index (χ3n) is 14.7. The number of hydrogen-bond donors (Lipinski definition) is 12. The van der Waals surface area contributed by atoms with Crippen LogP contribution < -0.4 is 54.8 Å². The number of guanidine groups is 2. The second-order valence-electron chi connectivity index (χ2n) is 20.4. The summed E-state index contributed by atoms with van der Waals surface area (Å²) < 4.78 is 0. The fraction of sp³-hybridized carbons (Fsp3) is 0.491. The molecule has 436 valence electrons. The van der Waals surface area contributed by atoms with Gasteiger partial charge in [0, 0.05) is 69.0 Å². The molecule has 3 aromatic rings. The molecule has 0 saturated carbocycles. The molecule has 0 spiro atoms. The molecule has 2 aromatic carbocycles. The Kier molecular flexibility index (Phi) is 20.7. The summed E-state index contributed by atoms with van der Waals surface area (Å²) in [6.45, 7) is -1.50. The van der Waals surface area contributed by atoms with Crippen LogP contribution in [0.4, 0.5) is 5.69 Å². The number of para-hydroxylation sites is 1. The van der Waals surface area contributed by atoms with Crippen LogP contribution in [0.3, 0.4) is 0 Å². The number of nitrogens with one attached hydrogen (secondary N) is 4. The largest absolute Gasteiger partial charge is 0.480 e. The number of nitrogens with zero attached hydrogens (tertiary/aromatic N) is 6. The number of carbonyl (C=O) groups is 9. The fourth-order valence-corrected chi connectivity index (χ4v) is 11.4. The number of aliphatic hydroxyl groups is 2. The van der Waals surface area contributed by atoms with Crippen molar-refractivity contribution in [3.63, 3.8) is 0 Å². The van der Waals surface area contributed by atoms with Gasteiger partial charge in [0.1, 0.15) is 42.3 Å². The molecule has 8 amide bonds. The minimum Gasteiger partial charge on any atom is -0.480 e. The first-order chi connectivity index (χ1) is 38.8. The number of hydrogen-bond acceptors (Lipinski definition) is 15. The van der Waals surface area contributed by atoms with Crippen LogP contribution in [0.25, 0.3) is 0 Å². The van der Waals surface area contributed by atoms with Gasteiger partial charge in [-0.25, -0.2) is 4.79 Å². The van der Waals surface area contributed by atoms with Crippen LogP contribution in [0.1, 0.15) is 66.5 Å². The van der Waals surface area contributed by atoms with Crippen LogP contribution in [0.15, 0.2) is 76.0 Å². The van der Waals surface area contributed by atoms with Gasteiger partial charge >= 0.3 is 5.97 Å². The van der Waals surface area contributed by atoms with Crippen LogP contribution in [0.2, 0.25) is 0 Å². The van der Waals surface area contributed by atoms with E-state index in [9.17, 15) is 58.5 Å². The minimum atomic E-state index is -1.64. The van der Waals surface area contributed by atoms with Crippen molar-refractivity contribution >= 4 is 82.2 Å². The number of aliphatic hydroxyl groups excluding tert-OH is 2. The van der Waals surface area contributed by atoms with E-state index in [4.69, 9.17) is 28.7 Å². The quantitative estimate of drug-likeness (QED) is 0.0233. The SMILES string of the molecule is NC(N)=NCCCC(N)C(=O)N[C@H](CCCN=C(N)N)C(=O)N1CCC[C@H]1C(=O)N1CC(O)C[C@H]1C(=O)NCC(=O)NC(Cc1cccs1)C(=O)N[C@@H](CO)C(=O)N1Cc2ccccc2CC1C(=O)N1c2ccccc2CC1C(=O)O. The Morgan fingerprint density at radius 2 is 1.33 bits per heavy atom. The van der Waals surface area contributed by atoms with Crippen molar-refractivity contribution in [1.82, 2.24) is 36.0 Å². The molecule has 4 aliphatic rings. The van der Waals surface area contributed by atoms with Gasteiger partial charge in [0.2, 0.25) is 41.4 Å². The zero-order valence-corrected chi connectivity index (χ0v) is 45.4. The second-order valence-corrected chi connectivity index (χ2v) is 21.4. The minimum absolute atomic E-state index is 0.0116. The topological polar surface area (TPSA) is 430 Å². The van der Waals surface area contributed by atoms with Gasteiger partial charge in [-0.1, -0.05) is 48.5 Å². The molecule has 7 rings (SSSR count). The van der Waals surface area contributed by atoms with E-state index in [1.54, 1.807) is 66.0 Å². The van der Waals surface area contributed by atoms with E-state index < -0.39 is 121 Å². The normalized spacial score (nSPS) is 20.6. The summed E-state index contributed by atoms with van der Waals surface area (Å²) in [6.07, 6.45) is 0.152. The molecular weight excluding hydrogens is 1070 g/mol. The van der Waals surface area contributed by atoms with E-state index >= 15 is 0 Å². The molecule has 28 heteroatoms. The molecule has 27 nitrogen and oxygen atoms in total. The lowest BCUT2D eigenvalue weighted by Gasteiger charge is -2.40. The smallest absolute Gasteiger partial charge is 0.327 e. The van der Waals surface area contributed by atoms with Gasteiger partial charge in [-0.05, 0) is 72.7 Å². The number of carbonyl (C=O) groups excluding carboxylic acids is 8.